The van der Waals surface area contributed by atoms with E-state index in [0.29, 0.717) is 5.78 Å². The van der Waals surface area contributed by atoms with Gasteiger partial charge in [-0.05, 0) is 26.8 Å². The van der Waals surface area contributed by atoms with Gasteiger partial charge in [0, 0.05) is 12.0 Å². The summed E-state index contributed by atoms with van der Waals surface area (Å²) in [4.78, 5) is 11.1. The average Bonchev–Trinajstić information content (AvgIpc) is 1.77. The summed E-state index contributed by atoms with van der Waals surface area (Å²) in [6, 6.07) is 0. The van der Waals surface area contributed by atoms with Gasteiger partial charge in [-0.3, -0.25) is 4.79 Å². The largest absolute Gasteiger partial charge is 0.319 e. The maximum Gasteiger partial charge on any atom is 0.137 e. The Morgan fingerprint density at radius 2 is 2.20 bits per heavy atom. The molecule has 1 rings (SSSR count). The second kappa shape index (κ2) is 2.70. The van der Waals surface area contributed by atoms with Crippen molar-refractivity contribution >= 4 is 5.78 Å². The summed E-state index contributed by atoms with van der Waals surface area (Å²) < 4.78 is 0. The number of hydrogen-bond donors (Lipinski definition) is 1. The van der Waals surface area contributed by atoms with Crippen LogP contribution in [0.25, 0.3) is 0 Å². The van der Waals surface area contributed by atoms with Crippen molar-refractivity contribution in [2.24, 2.45) is 5.41 Å². The van der Waals surface area contributed by atoms with Gasteiger partial charge in [-0.1, -0.05) is 6.42 Å². The Morgan fingerprint density at radius 3 is 2.30 bits per heavy atom. The van der Waals surface area contributed by atoms with E-state index in [9.17, 15) is 4.79 Å². The van der Waals surface area contributed by atoms with Crippen molar-refractivity contribution in [3.63, 3.8) is 0 Å². The van der Waals surface area contributed by atoms with E-state index in [1.807, 2.05) is 7.05 Å². The van der Waals surface area contributed by atoms with Crippen LogP contribution >= 0.6 is 0 Å². The zero-order chi connectivity index (χ0) is 7.61. The molecule has 0 amide bonds. The molecule has 0 aromatic heterocycles. The van der Waals surface area contributed by atoms with Crippen LogP contribution in [0.3, 0.4) is 0 Å². The first kappa shape index (κ1) is 7.73. The molecule has 1 aliphatic rings. The third-order valence-electron chi connectivity index (χ3n) is 2.57. The van der Waals surface area contributed by atoms with Crippen molar-refractivity contribution in [3.8, 4) is 0 Å². The molecular weight excluding hydrogens is 126 g/mol. The van der Waals surface area contributed by atoms with E-state index in [4.69, 9.17) is 0 Å². The molecule has 0 saturated heterocycles. The zero-order valence-electron chi connectivity index (χ0n) is 6.74. The number of nitrogens with one attached hydrogen (secondary N) is 1. The molecule has 1 aliphatic carbocycles. The minimum atomic E-state index is 0.0226. The average molecular weight is 141 g/mol. The maximum absolute atomic E-state index is 11.1. The first-order valence-electron chi connectivity index (χ1n) is 3.87. The van der Waals surface area contributed by atoms with Gasteiger partial charge in [0.1, 0.15) is 5.78 Å². The van der Waals surface area contributed by atoms with Crippen LogP contribution in [0, 0.1) is 5.41 Å². The fourth-order valence-corrected chi connectivity index (χ4v) is 1.60. The summed E-state index contributed by atoms with van der Waals surface area (Å²) in [6.45, 7) is 2.57. The highest BCUT2D eigenvalue weighted by molar-refractivity contribution is 5.83. The first-order valence-corrected chi connectivity index (χ1v) is 3.87. The number of hydrogen-bond acceptors (Lipinski definition) is 2. The lowest BCUT2D eigenvalue weighted by Crippen LogP contribution is -2.44. The van der Waals surface area contributed by atoms with Crippen molar-refractivity contribution in [2.75, 3.05) is 13.6 Å². The van der Waals surface area contributed by atoms with Crippen molar-refractivity contribution in [1.29, 1.82) is 0 Å². The second-order valence-corrected chi connectivity index (χ2v) is 3.22. The van der Waals surface area contributed by atoms with Crippen LogP contribution < -0.4 is 5.32 Å². The molecule has 0 spiro atoms. The highest BCUT2D eigenvalue weighted by Gasteiger charge is 2.40. The second-order valence-electron chi connectivity index (χ2n) is 3.22. The number of Topliss-reactive ketones (excluding diaryl/α,β-unsaturated/α-hetero) is 1. The molecule has 0 aliphatic heterocycles. The number of rotatable bonds is 3. The maximum atomic E-state index is 11.1. The first-order chi connectivity index (χ1) is 4.71. The molecule has 0 atom stereocenters. The van der Waals surface area contributed by atoms with Crippen LogP contribution in [0.15, 0.2) is 0 Å². The minimum Gasteiger partial charge on any atom is -0.319 e. The molecule has 2 heteroatoms. The topological polar surface area (TPSA) is 29.1 Å². The van der Waals surface area contributed by atoms with Crippen molar-refractivity contribution < 1.29 is 4.79 Å². The van der Waals surface area contributed by atoms with E-state index in [-0.39, 0.29) is 5.41 Å². The summed E-state index contributed by atoms with van der Waals surface area (Å²) in [7, 11) is 1.91. The lowest BCUT2D eigenvalue weighted by Gasteiger charge is -2.39. The van der Waals surface area contributed by atoms with E-state index in [1.165, 1.54) is 6.42 Å². The normalized spacial score (nSPS) is 21.8. The van der Waals surface area contributed by atoms with Crippen molar-refractivity contribution in [3.05, 3.63) is 0 Å². The third kappa shape index (κ3) is 1.08. The van der Waals surface area contributed by atoms with Gasteiger partial charge in [0.15, 0.2) is 0 Å². The van der Waals surface area contributed by atoms with Gasteiger partial charge >= 0.3 is 0 Å². The smallest absolute Gasteiger partial charge is 0.137 e. The molecule has 0 unspecified atom stereocenters. The molecule has 0 heterocycles. The lowest BCUT2D eigenvalue weighted by atomic mass is 9.66. The van der Waals surface area contributed by atoms with Crippen LogP contribution in [-0.2, 0) is 4.79 Å². The number of carbonyl (C=O) groups excluding carboxylic acids is 1. The molecule has 0 aromatic rings. The highest BCUT2D eigenvalue weighted by Crippen LogP contribution is 2.40. The molecule has 2 nitrogen and oxygen atoms in total. The van der Waals surface area contributed by atoms with E-state index in [2.05, 4.69) is 5.32 Å². The molecule has 1 saturated carbocycles. The molecule has 58 valence electrons. The van der Waals surface area contributed by atoms with Gasteiger partial charge in [0.2, 0.25) is 0 Å². The zero-order valence-corrected chi connectivity index (χ0v) is 6.74. The summed E-state index contributed by atoms with van der Waals surface area (Å²) >= 11 is 0. The minimum absolute atomic E-state index is 0.0226. The Kier molecular flexibility index (Phi) is 2.09. The SMILES string of the molecule is CNCC1(C(C)=O)CCC1. The fourth-order valence-electron chi connectivity index (χ4n) is 1.60. The summed E-state index contributed by atoms with van der Waals surface area (Å²) in [5, 5.41) is 3.07. The van der Waals surface area contributed by atoms with Crippen LogP contribution in [0.5, 0.6) is 0 Å². The Labute approximate surface area is 62.0 Å². The third-order valence-corrected chi connectivity index (χ3v) is 2.57. The molecular formula is C8H15NO. The van der Waals surface area contributed by atoms with Crippen LogP contribution in [-0.4, -0.2) is 19.4 Å². The van der Waals surface area contributed by atoms with Gasteiger partial charge in [-0.25, -0.2) is 0 Å². The quantitative estimate of drug-likeness (QED) is 0.634. The highest BCUT2D eigenvalue weighted by atomic mass is 16.1. The van der Waals surface area contributed by atoms with Crippen LogP contribution in [0.2, 0.25) is 0 Å². The Hall–Kier alpha value is -0.370. The summed E-state index contributed by atoms with van der Waals surface area (Å²) in [6.07, 6.45) is 3.40. The fraction of sp³-hybridized carbons (Fsp3) is 0.875. The molecule has 0 radical (unpaired) electrons. The number of ketones is 1. The van der Waals surface area contributed by atoms with Crippen molar-refractivity contribution in [1.82, 2.24) is 5.32 Å². The summed E-state index contributed by atoms with van der Waals surface area (Å²) in [5.41, 5.74) is 0.0226. The van der Waals surface area contributed by atoms with Gasteiger partial charge in [-0.15, -0.1) is 0 Å². The standard InChI is InChI=1S/C8H15NO/c1-7(10)8(6-9-2)4-3-5-8/h9H,3-6H2,1-2H3. The Morgan fingerprint density at radius 1 is 1.60 bits per heavy atom. The summed E-state index contributed by atoms with van der Waals surface area (Å²) in [5.74, 6) is 0.355. The monoisotopic (exact) mass is 141 g/mol. The predicted molar refractivity (Wildman–Crippen MR) is 40.9 cm³/mol. The molecule has 0 bridgehead atoms. The Balaban J connectivity index is 2.50. The number of carbonyl (C=O) groups is 1. The van der Waals surface area contributed by atoms with E-state index in [1.54, 1.807) is 6.92 Å². The predicted octanol–water partition coefficient (Wildman–Crippen LogP) is 0.965. The van der Waals surface area contributed by atoms with E-state index < -0.39 is 0 Å². The van der Waals surface area contributed by atoms with Gasteiger partial charge in [0.05, 0.1) is 0 Å². The molecule has 1 N–H and O–H groups in total. The van der Waals surface area contributed by atoms with Crippen LogP contribution in [0.1, 0.15) is 26.2 Å². The van der Waals surface area contributed by atoms with E-state index >= 15 is 0 Å². The molecule has 0 aromatic carbocycles. The van der Waals surface area contributed by atoms with Gasteiger partial charge in [0.25, 0.3) is 0 Å². The lowest BCUT2D eigenvalue weighted by molar-refractivity contribution is -0.130. The van der Waals surface area contributed by atoms with E-state index in [0.717, 1.165) is 19.4 Å². The molecule has 10 heavy (non-hydrogen) atoms. The Bertz CT molecular complexity index is 138. The van der Waals surface area contributed by atoms with Crippen LogP contribution in [0.4, 0.5) is 0 Å². The molecule has 1 fully saturated rings. The van der Waals surface area contributed by atoms with Gasteiger partial charge in [-0.2, -0.15) is 0 Å². The van der Waals surface area contributed by atoms with Crippen molar-refractivity contribution in [2.45, 2.75) is 26.2 Å². The van der Waals surface area contributed by atoms with Gasteiger partial charge < -0.3 is 5.32 Å².